The molecule has 0 unspecified atom stereocenters. The molecule has 0 saturated carbocycles. The normalized spacial score (nSPS) is 12.5. The highest BCUT2D eigenvalue weighted by Crippen LogP contribution is 2.34. The van der Waals surface area contributed by atoms with E-state index in [4.69, 9.17) is 9.47 Å². The molecule has 0 amide bonds. The fraction of sp³-hybridized carbons (Fsp3) is 0.200. The Morgan fingerprint density at radius 3 is 3.00 bits per heavy atom. The van der Waals surface area contributed by atoms with Gasteiger partial charge in [-0.25, -0.2) is 9.97 Å². The predicted octanol–water partition coefficient (Wildman–Crippen LogP) is 2.98. The van der Waals surface area contributed by atoms with E-state index < -0.39 is 4.92 Å². The van der Waals surface area contributed by atoms with Gasteiger partial charge in [-0.15, -0.1) is 0 Å². The second kappa shape index (κ2) is 5.93. The summed E-state index contributed by atoms with van der Waals surface area (Å²) >= 11 is 1.04. The van der Waals surface area contributed by atoms with Gasteiger partial charge in [0.05, 0.1) is 10.3 Å². The molecule has 0 aliphatic carbocycles. The van der Waals surface area contributed by atoms with Crippen molar-refractivity contribution in [2.24, 2.45) is 0 Å². The van der Waals surface area contributed by atoms with E-state index in [-0.39, 0.29) is 11.8 Å². The molecular weight excluding hydrogens is 332 g/mol. The molecule has 3 aromatic rings. The van der Waals surface area contributed by atoms with E-state index >= 15 is 0 Å². The highest BCUT2D eigenvalue weighted by molar-refractivity contribution is 7.21. The lowest BCUT2D eigenvalue weighted by Gasteiger charge is -2.07. The second-order valence-electron chi connectivity index (χ2n) is 5.15. The van der Waals surface area contributed by atoms with Crippen LogP contribution in [0.15, 0.2) is 30.6 Å². The zero-order valence-electron chi connectivity index (χ0n) is 12.4. The van der Waals surface area contributed by atoms with E-state index in [1.165, 1.54) is 12.4 Å². The Hall–Kier alpha value is -2.94. The maximum atomic E-state index is 10.9. The summed E-state index contributed by atoms with van der Waals surface area (Å²) in [5.41, 5.74) is 1.10. The minimum Gasteiger partial charge on any atom is -0.454 e. The average Bonchev–Trinajstić information content (AvgIpc) is 3.21. The Kier molecular flexibility index (Phi) is 3.62. The van der Waals surface area contributed by atoms with E-state index in [1.54, 1.807) is 0 Å². The van der Waals surface area contributed by atoms with Crippen LogP contribution in [-0.4, -0.2) is 28.2 Å². The first-order chi connectivity index (χ1) is 11.7. The van der Waals surface area contributed by atoms with Gasteiger partial charge in [-0.1, -0.05) is 6.07 Å². The van der Waals surface area contributed by atoms with Gasteiger partial charge in [0, 0.05) is 12.6 Å². The number of fused-ring (bicyclic) bond motifs is 2. The summed E-state index contributed by atoms with van der Waals surface area (Å²) in [7, 11) is 0. The molecule has 2 aromatic heterocycles. The standard InChI is InChI=1S/C15H12N4O4S/c20-19(21)13-6-10-14(17-7-18-15(10)24-13)16-4-3-9-1-2-11-12(5-9)23-8-22-11/h1-2,5-7H,3-4,8H2,(H,16,17,18). The largest absolute Gasteiger partial charge is 0.454 e. The number of nitrogens with one attached hydrogen (secondary N) is 1. The van der Waals surface area contributed by atoms with Crippen LogP contribution in [0.2, 0.25) is 0 Å². The molecule has 0 atom stereocenters. The molecule has 122 valence electrons. The van der Waals surface area contributed by atoms with Gasteiger partial charge >= 0.3 is 5.00 Å². The summed E-state index contributed by atoms with van der Waals surface area (Å²) in [5, 5.41) is 14.8. The first kappa shape index (κ1) is 14.6. The summed E-state index contributed by atoms with van der Waals surface area (Å²) < 4.78 is 10.6. The summed E-state index contributed by atoms with van der Waals surface area (Å²) in [5.74, 6) is 2.12. The Morgan fingerprint density at radius 1 is 1.25 bits per heavy atom. The molecule has 0 fully saturated rings. The van der Waals surface area contributed by atoms with Crippen molar-refractivity contribution >= 4 is 32.4 Å². The number of aromatic nitrogens is 2. The molecule has 1 aliphatic heterocycles. The van der Waals surface area contributed by atoms with Crippen molar-refractivity contribution in [1.29, 1.82) is 0 Å². The van der Waals surface area contributed by atoms with Crippen LogP contribution in [0.25, 0.3) is 10.2 Å². The van der Waals surface area contributed by atoms with Crippen LogP contribution in [-0.2, 0) is 6.42 Å². The highest BCUT2D eigenvalue weighted by Gasteiger charge is 2.16. The monoisotopic (exact) mass is 344 g/mol. The van der Waals surface area contributed by atoms with Crippen molar-refractivity contribution in [3.8, 4) is 11.5 Å². The minimum atomic E-state index is -0.414. The van der Waals surface area contributed by atoms with E-state index in [0.29, 0.717) is 22.6 Å². The molecule has 0 radical (unpaired) electrons. The number of nitro groups is 1. The third-order valence-electron chi connectivity index (χ3n) is 3.64. The van der Waals surface area contributed by atoms with E-state index in [1.807, 2.05) is 18.2 Å². The van der Waals surface area contributed by atoms with Crippen molar-refractivity contribution in [3.63, 3.8) is 0 Å². The number of hydrogen-bond acceptors (Lipinski definition) is 8. The number of benzene rings is 1. The van der Waals surface area contributed by atoms with Crippen molar-refractivity contribution in [1.82, 2.24) is 9.97 Å². The Morgan fingerprint density at radius 2 is 2.12 bits per heavy atom. The van der Waals surface area contributed by atoms with Gasteiger partial charge in [-0.05, 0) is 35.5 Å². The quantitative estimate of drug-likeness (QED) is 0.561. The molecule has 3 heterocycles. The lowest BCUT2D eigenvalue weighted by atomic mass is 10.1. The molecule has 0 bridgehead atoms. The Labute approximate surface area is 140 Å². The third-order valence-corrected chi connectivity index (χ3v) is 4.63. The fourth-order valence-electron chi connectivity index (χ4n) is 2.50. The molecule has 0 saturated heterocycles. The van der Waals surface area contributed by atoms with Gasteiger partial charge in [-0.2, -0.15) is 0 Å². The third kappa shape index (κ3) is 2.69. The van der Waals surface area contributed by atoms with Crippen molar-refractivity contribution < 1.29 is 14.4 Å². The first-order valence-corrected chi connectivity index (χ1v) is 8.04. The number of anilines is 1. The van der Waals surface area contributed by atoms with Gasteiger partial charge in [0.1, 0.15) is 17.0 Å². The molecular formula is C15H12N4O4S. The van der Waals surface area contributed by atoms with E-state index in [9.17, 15) is 10.1 Å². The van der Waals surface area contributed by atoms with Crippen LogP contribution < -0.4 is 14.8 Å². The van der Waals surface area contributed by atoms with Crippen molar-refractivity contribution in [2.75, 3.05) is 18.7 Å². The Balaban J connectivity index is 1.48. The molecule has 8 nitrogen and oxygen atoms in total. The second-order valence-corrected chi connectivity index (χ2v) is 6.16. The summed E-state index contributed by atoms with van der Waals surface area (Å²) in [6.07, 6.45) is 2.17. The topological polar surface area (TPSA) is 99.4 Å². The highest BCUT2D eigenvalue weighted by atomic mass is 32.1. The van der Waals surface area contributed by atoms with Crippen LogP contribution in [0.3, 0.4) is 0 Å². The smallest absolute Gasteiger partial charge is 0.326 e. The van der Waals surface area contributed by atoms with Crippen LogP contribution in [0.5, 0.6) is 11.5 Å². The van der Waals surface area contributed by atoms with Gasteiger partial charge in [0.15, 0.2) is 11.5 Å². The van der Waals surface area contributed by atoms with Crippen molar-refractivity contribution in [3.05, 3.63) is 46.3 Å². The number of hydrogen-bond donors (Lipinski definition) is 1. The van der Waals surface area contributed by atoms with Crippen molar-refractivity contribution in [2.45, 2.75) is 6.42 Å². The molecule has 0 spiro atoms. The molecule has 9 heteroatoms. The van der Waals surface area contributed by atoms with Gasteiger partial charge in [0.2, 0.25) is 6.79 Å². The van der Waals surface area contributed by atoms with Crippen LogP contribution >= 0.6 is 11.3 Å². The van der Waals surface area contributed by atoms with Crippen LogP contribution in [0.1, 0.15) is 5.56 Å². The number of rotatable bonds is 5. The predicted molar refractivity (Wildman–Crippen MR) is 88.8 cm³/mol. The van der Waals surface area contributed by atoms with Gasteiger partial charge in [0.25, 0.3) is 0 Å². The van der Waals surface area contributed by atoms with E-state index in [0.717, 1.165) is 34.8 Å². The number of ether oxygens (including phenoxy) is 2. The zero-order chi connectivity index (χ0) is 16.5. The summed E-state index contributed by atoms with van der Waals surface area (Å²) in [6.45, 7) is 0.891. The first-order valence-electron chi connectivity index (χ1n) is 7.22. The maximum Gasteiger partial charge on any atom is 0.326 e. The van der Waals surface area contributed by atoms with Gasteiger partial charge < -0.3 is 14.8 Å². The molecule has 4 rings (SSSR count). The fourth-order valence-corrected chi connectivity index (χ4v) is 3.31. The minimum absolute atomic E-state index is 0.0596. The summed E-state index contributed by atoms with van der Waals surface area (Å²) in [6, 6.07) is 7.33. The number of nitrogens with zero attached hydrogens (tertiary/aromatic N) is 3. The van der Waals surface area contributed by atoms with E-state index in [2.05, 4.69) is 15.3 Å². The molecule has 1 aliphatic rings. The van der Waals surface area contributed by atoms with Crippen LogP contribution in [0, 0.1) is 10.1 Å². The zero-order valence-corrected chi connectivity index (χ0v) is 13.2. The lowest BCUT2D eigenvalue weighted by molar-refractivity contribution is -0.380. The maximum absolute atomic E-state index is 10.9. The number of thiophene rings is 1. The van der Waals surface area contributed by atoms with Crippen LogP contribution in [0.4, 0.5) is 10.8 Å². The summed E-state index contributed by atoms with van der Waals surface area (Å²) in [4.78, 5) is 19.4. The van der Waals surface area contributed by atoms with Gasteiger partial charge in [-0.3, -0.25) is 10.1 Å². The molecule has 24 heavy (non-hydrogen) atoms. The molecule has 1 aromatic carbocycles. The average molecular weight is 344 g/mol. The molecule has 1 N–H and O–H groups in total. The lowest BCUT2D eigenvalue weighted by Crippen LogP contribution is -2.06. The SMILES string of the molecule is O=[N+]([O-])c1cc2c(NCCc3ccc4c(c3)OCO4)ncnc2s1. The Bertz CT molecular complexity index is 927.